The number of aliphatic hydroxyl groups is 1. The summed E-state index contributed by atoms with van der Waals surface area (Å²) < 4.78 is 23.8. The number of carbonyl (C=O) groups is 1. The fourth-order valence-corrected chi connectivity index (χ4v) is 12.0. The van der Waals surface area contributed by atoms with Gasteiger partial charge >= 0.3 is 7.82 Å². The molecule has 3 unspecified atom stereocenters. The number of carbonyl (C=O) groups excluding carboxylic acids is 1. The van der Waals surface area contributed by atoms with E-state index in [-0.39, 0.29) is 19.1 Å². The van der Waals surface area contributed by atoms with Gasteiger partial charge in [-0.3, -0.25) is 13.8 Å². The van der Waals surface area contributed by atoms with Crippen LogP contribution in [0.5, 0.6) is 0 Å². The predicted molar refractivity (Wildman–Crippen MR) is 369 cm³/mol. The lowest BCUT2D eigenvalue weighted by molar-refractivity contribution is -0.870. The Hall–Kier alpha value is -1.54. The number of likely N-dealkylation sites (N-methyl/N-ethyl adjacent to an activating group) is 1. The molecule has 9 heteroatoms. The van der Waals surface area contributed by atoms with E-state index in [2.05, 4.69) is 55.6 Å². The number of quaternary nitrogens is 1. The van der Waals surface area contributed by atoms with Crippen LogP contribution in [0.1, 0.15) is 373 Å². The summed E-state index contributed by atoms with van der Waals surface area (Å²) in [6.07, 6.45) is 90.0. The Morgan fingerprint density at radius 1 is 0.405 bits per heavy atom. The van der Waals surface area contributed by atoms with E-state index in [1.54, 1.807) is 6.08 Å². The Morgan fingerprint density at radius 2 is 0.690 bits per heavy atom. The van der Waals surface area contributed by atoms with E-state index in [0.717, 1.165) is 44.9 Å². The van der Waals surface area contributed by atoms with E-state index in [9.17, 15) is 19.4 Å². The van der Waals surface area contributed by atoms with E-state index in [4.69, 9.17) is 9.05 Å². The fraction of sp³-hybridized carbons (Fsp3) is 0.880. The molecule has 0 aliphatic heterocycles. The van der Waals surface area contributed by atoms with Crippen molar-refractivity contribution in [2.24, 2.45) is 0 Å². The third-order valence-electron chi connectivity index (χ3n) is 17.0. The maximum Gasteiger partial charge on any atom is 0.472 e. The average Bonchev–Trinajstić information content (AvgIpc) is 3.56. The number of allylic oxidation sites excluding steroid dienone is 7. The van der Waals surface area contributed by atoms with Gasteiger partial charge in [0.1, 0.15) is 13.2 Å². The van der Waals surface area contributed by atoms with Gasteiger partial charge in [-0.15, -0.1) is 0 Å². The van der Waals surface area contributed by atoms with E-state index in [1.807, 2.05) is 27.2 Å². The minimum Gasteiger partial charge on any atom is -0.387 e. The highest BCUT2D eigenvalue weighted by Gasteiger charge is 2.28. The van der Waals surface area contributed by atoms with Crippen LogP contribution in [0.25, 0.3) is 0 Å². The predicted octanol–water partition coefficient (Wildman–Crippen LogP) is 23.8. The topological polar surface area (TPSA) is 105 Å². The number of hydrogen-bond donors (Lipinski definition) is 3. The summed E-state index contributed by atoms with van der Waals surface area (Å²) in [4.78, 5) is 23.4. The minimum atomic E-state index is -4.36. The summed E-state index contributed by atoms with van der Waals surface area (Å²) in [6.45, 7) is 4.84. The molecule has 0 bridgehead atoms. The highest BCUT2D eigenvalue weighted by atomic mass is 31.2. The molecule has 0 saturated carbocycles. The largest absolute Gasteiger partial charge is 0.472 e. The summed E-state index contributed by atoms with van der Waals surface area (Å²) in [7, 11) is 1.57. The van der Waals surface area contributed by atoms with Gasteiger partial charge in [0.15, 0.2) is 0 Å². The Balaban J connectivity index is 3.99. The Kier molecular flexibility index (Phi) is 64.7. The number of aliphatic hydroxyl groups excluding tert-OH is 1. The van der Waals surface area contributed by atoms with Gasteiger partial charge in [0.25, 0.3) is 0 Å². The molecule has 0 aromatic rings. The molecule has 496 valence electrons. The summed E-state index contributed by atoms with van der Waals surface area (Å²) in [5.74, 6) is -0.179. The molecule has 0 heterocycles. The highest BCUT2D eigenvalue weighted by Crippen LogP contribution is 2.43. The summed E-state index contributed by atoms with van der Waals surface area (Å²) >= 11 is 0. The van der Waals surface area contributed by atoms with Gasteiger partial charge in [0.2, 0.25) is 5.91 Å². The maximum atomic E-state index is 13.1. The van der Waals surface area contributed by atoms with Crippen LogP contribution in [0.3, 0.4) is 0 Å². The van der Waals surface area contributed by atoms with Gasteiger partial charge in [0.05, 0.1) is 39.9 Å². The van der Waals surface area contributed by atoms with E-state index < -0.39 is 20.0 Å². The number of phosphoric ester groups is 1. The van der Waals surface area contributed by atoms with Crippen molar-refractivity contribution < 1.29 is 32.9 Å². The lowest BCUT2D eigenvalue weighted by Crippen LogP contribution is -2.45. The molecule has 0 aromatic heterocycles. The zero-order chi connectivity index (χ0) is 61.2. The second kappa shape index (κ2) is 65.9. The number of amides is 1. The minimum absolute atomic E-state index is 0.0577. The smallest absolute Gasteiger partial charge is 0.387 e. The van der Waals surface area contributed by atoms with E-state index >= 15 is 0 Å². The average molecular weight is 1200 g/mol. The third-order valence-corrected chi connectivity index (χ3v) is 18.0. The molecule has 84 heavy (non-hydrogen) atoms. The van der Waals surface area contributed by atoms with Crippen molar-refractivity contribution in [2.75, 3.05) is 40.9 Å². The molecule has 3 atom stereocenters. The number of phosphoric acid groups is 1. The van der Waals surface area contributed by atoms with Gasteiger partial charge in [-0.05, 0) is 64.2 Å². The number of nitrogens with zero attached hydrogens (tertiary/aromatic N) is 1. The number of nitrogens with one attached hydrogen (secondary N) is 1. The Bertz CT molecular complexity index is 1510. The van der Waals surface area contributed by atoms with Crippen LogP contribution in [0.15, 0.2) is 48.6 Å². The number of unbranched alkanes of at least 4 members (excludes halogenated alkanes) is 50. The maximum absolute atomic E-state index is 13.1. The van der Waals surface area contributed by atoms with Gasteiger partial charge in [-0.2, -0.15) is 0 Å². The quantitative estimate of drug-likeness (QED) is 0.0243. The van der Waals surface area contributed by atoms with Crippen LogP contribution in [-0.2, 0) is 18.4 Å². The molecular formula is C75H146N2O6P+. The fourth-order valence-electron chi connectivity index (χ4n) is 11.3. The van der Waals surface area contributed by atoms with Gasteiger partial charge in [0, 0.05) is 6.42 Å². The van der Waals surface area contributed by atoms with Crippen molar-refractivity contribution in [3.05, 3.63) is 48.6 Å². The van der Waals surface area contributed by atoms with Crippen molar-refractivity contribution >= 4 is 13.7 Å². The van der Waals surface area contributed by atoms with Crippen LogP contribution >= 0.6 is 7.82 Å². The lowest BCUT2D eigenvalue weighted by atomic mass is 10.0. The first-order valence-electron chi connectivity index (χ1n) is 37.0. The van der Waals surface area contributed by atoms with Gasteiger partial charge in [-0.25, -0.2) is 4.57 Å². The first-order valence-corrected chi connectivity index (χ1v) is 38.5. The molecular weight excluding hydrogens is 1060 g/mol. The summed E-state index contributed by atoms with van der Waals surface area (Å²) in [5.41, 5.74) is 0. The monoisotopic (exact) mass is 1200 g/mol. The van der Waals surface area contributed by atoms with Crippen LogP contribution in [0, 0.1) is 0 Å². The Labute approximate surface area is 524 Å². The second-order valence-electron chi connectivity index (χ2n) is 26.7. The molecule has 0 aliphatic carbocycles. The molecule has 0 saturated heterocycles. The van der Waals surface area contributed by atoms with Crippen molar-refractivity contribution in [3.63, 3.8) is 0 Å². The van der Waals surface area contributed by atoms with E-state index in [0.29, 0.717) is 17.4 Å². The molecule has 3 N–H and O–H groups in total. The molecule has 0 aliphatic rings. The van der Waals surface area contributed by atoms with Gasteiger partial charge in [-0.1, -0.05) is 351 Å². The van der Waals surface area contributed by atoms with E-state index in [1.165, 1.54) is 308 Å². The zero-order valence-electron chi connectivity index (χ0n) is 56.9. The molecule has 1 amide bonds. The molecule has 8 nitrogen and oxygen atoms in total. The van der Waals surface area contributed by atoms with Crippen molar-refractivity contribution in [1.82, 2.24) is 5.32 Å². The second-order valence-corrected chi connectivity index (χ2v) is 28.1. The first kappa shape index (κ1) is 82.5. The summed E-state index contributed by atoms with van der Waals surface area (Å²) in [5, 5.41) is 14.0. The normalized spacial score (nSPS) is 13.8. The molecule has 0 spiro atoms. The number of hydrogen-bond acceptors (Lipinski definition) is 5. The van der Waals surface area contributed by atoms with Crippen LogP contribution in [-0.4, -0.2) is 73.4 Å². The van der Waals surface area contributed by atoms with Crippen molar-refractivity contribution in [1.29, 1.82) is 0 Å². The Morgan fingerprint density at radius 3 is 1.02 bits per heavy atom. The van der Waals surface area contributed by atoms with Crippen LogP contribution in [0.4, 0.5) is 0 Å². The zero-order valence-corrected chi connectivity index (χ0v) is 57.8. The SMILES string of the molecule is CCCCCCC/C=C\C/C=C\CCCCCCCCCCCCCCCCCCCCCCCCCCCC(=O)NC(COP(=O)(O)OCC[N+](C)(C)C)C(O)/C=C/CC/C=C/CCCCCCCCCCCCCCCCCCCCC. The number of rotatable bonds is 69. The van der Waals surface area contributed by atoms with Crippen LogP contribution < -0.4 is 5.32 Å². The summed E-state index contributed by atoms with van der Waals surface area (Å²) in [6, 6.07) is -0.864. The molecule has 0 aromatic carbocycles. The molecule has 0 radical (unpaired) electrons. The van der Waals surface area contributed by atoms with Crippen molar-refractivity contribution in [3.8, 4) is 0 Å². The molecule has 0 rings (SSSR count). The standard InChI is InChI=1S/C75H145N2O6P/c1-6-8-10-12-14-16-18-20-22-24-26-28-30-32-33-34-35-36-37-38-39-40-41-42-43-45-47-49-51-53-55-57-59-61-63-65-67-69-75(79)76-73(72-83-84(80,81)82-71-70-77(3,4)5)74(78)68-66-64-62-60-58-56-54-52-50-48-46-44-31-29-27-25-23-21-19-17-15-13-11-9-7-2/h18,20,24,26,58,60,66,68,73-74,78H,6-17,19,21-23,25,27-57,59,61-65,67,69-72H2,1-5H3,(H-,76,79,80,81)/p+1/b20-18-,26-24-,60-58+,68-66+. The van der Waals surface area contributed by atoms with Gasteiger partial charge < -0.3 is 19.8 Å². The lowest BCUT2D eigenvalue weighted by Gasteiger charge is -2.25. The van der Waals surface area contributed by atoms with Crippen molar-refractivity contribution in [2.45, 2.75) is 386 Å². The first-order chi connectivity index (χ1) is 41.0. The third kappa shape index (κ3) is 68.0. The highest BCUT2D eigenvalue weighted by molar-refractivity contribution is 7.47. The van der Waals surface area contributed by atoms with Crippen LogP contribution in [0.2, 0.25) is 0 Å². The molecule has 0 fully saturated rings.